The van der Waals surface area contributed by atoms with Gasteiger partial charge in [0.05, 0.1) is 5.69 Å². The minimum absolute atomic E-state index is 0.0929. The maximum absolute atomic E-state index is 5.90. The summed E-state index contributed by atoms with van der Waals surface area (Å²) in [5.41, 5.74) is 6.98. The Labute approximate surface area is 103 Å². The van der Waals surface area contributed by atoms with Gasteiger partial charge in [0.2, 0.25) is 0 Å². The number of hydrogen-bond acceptors (Lipinski definition) is 4. The van der Waals surface area contributed by atoms with Crippen molar-refractivity contribution >= 4 is 16.5 Å². The molecular formula is C12H23N3S. The summed E-state index contributed by atoms with van der Waals surface area (Å²) >= 11 is 1.72. The molecule has 0 aromatic carbocycles. The Kier molecular flexibility index (Phi) is 5.22. The standard InChI is InChI=1S/C12H23N3S/c1-5-6-7-8-15(4)12-14-10(3)11(16-12)9(2)13/h9H,5-8,13H2,1-4H3. The van der Waals surface area contributed by atoms with E-state index in [1.54, 1.807) is 11.3 Å². The third-order valence-electron chi connectivity index (χ3n) is 2.66. The van der Waals surface area contributed by atoms with Crippen LogP contribution in [0.4, 0.5) is 5.13 Å². The van der Waals surface area contributed by atoms with E-state index >= 15 is 0 Å². The van der Waals surface area contributed by atoms with Gasteiger partial charge in [-0.15, -0.1) is 11.3 Å². The molecule has 3 nitrogen and oxygen atoms in total. The lowest BCUT2D eigenvalue weighted by molar-refractivity contribution is 0.704. The van der Waals surface area contributed by atoms with Crippen LogP contribution in [-0.4, -0.2) is 18.6 Å². The summed E-state index contributed by atoms with van der Waals surface area (Å²) in [6.07, 6.45) is 3.78. The molecule has 0 amide bonds. The van der Waals surface area contributed by atoms with Gasteiger partial charge in [0, 0.05) is 24.5 Å². The molecule has 0 bridgehead atoms. The topological polar surface area (TPSA) is 42.2 Å². The maximum atomic E-state index is 5.90. The minimum atomic E-state index is 0.0929. The predicted molar refractivity (Wildman–Crippen MR) is 72.2 cm³/mol. The molecule has 1 atom stereocenters. The van der Waals surface area contributed by atoms with E-state index in [2.05, 4.69) is 23.9 Å². The second-order valence-corrected chi connectivity index (χ2v) is 5.37. The number of nitrogens with two attached hydrogens (primary N) is 1. The lowest BCUT2D eigenvalue weighted by Gasteiger charge is -2.14. The number of hydrogen-bond donors (Lipinski definition) is 1. The quantitative estimate of drug-likeness (QED) is 0.778. The van der Waals surface area contributed by atoms with Gasteiger partial charge in [-0.05, 0) is 20.3 Å². The summed E-state index contributed by atoms with van der Waals surface area (Å²) < 4.78 is 0. The Morgan fingerprint density at radius 2 is 2.12 bits per heavy atom. The number of aromatic nitrogens is 1. The molecule has 0 aliphatic rings. The smallest absolute Gasteiger partial charge is 0.185 e. The largest absolute Gasteiger partial charge is 0.351 e. The summed E-state index contributed by atoms with van der Waals surface area (Å²) in [5.74, 6) is 0. The molecular weight excluding hydrogens is 218 g/mol. The Hall–Kier alpha value is -0.610. The molecule has 1 aromatic rings. The number of rotatable bonds is 6. The van der Waals surface area contributed by atoms with Crippen molar-refractivity contribution in [1.29, 1.82) is 0 Å². The van der Waals surface area contributed by atoms with E-state index in [9.17, 15) is 0 Å². The molecule has 0 fully saturated rings. The third-order valence-corrected chi connectivity index (χ3v) is 4.13. The van der Waals surface area contributed by atoms with Crippen LogP contribution in [0.1, 0.15) is 49.7 Å². The van der Waals surface area contributed by atoms with Crippen LogP contribution in [0.5, 0.6) is 0 Å². The zero-order valence-corrected chi connectivity index (χ0v) is 11.6. The molecule has 1 aromatic heterocycles. The molecule has 0 radical (unpaired) electrons. The van der Waals surface area contributed by atoms with Crippen molar-refractivity contribution in [3.05, 3.63) is 10.6 Å². The molecule has 0 saturated heterocycles. The highest BCUT2D eigenvalue weighted by atomic mass is 32.1. The summed E-state index contributed by atoms with van der Waals surface area (Å²) in [7, 11) is 2.11. The van der Waals surface area contributed by atoms with Gasteiger partial charge in [-0.25, -0.2) is 4.98 Å². The molecule has 0 saturated carbocycles. The second-order valence-electron chi connectivity index (χ2n) is 4.36. The fraction of sp³-hybridized carbons (Fsp3) is 0.750. The Balaban J connectivity index is 2.62. The normalized spacial score (nSPS) is 12.8. The molecule has 0 aliphatic heterocycles. The average molecular weight is 241 g/mol. The van der Waals surface area contributed by atoms with E-state index in [0.29, 0.717) is 0 Å². The van der Waals surface area contributed by atoms with Crippen LogP contribution in [0, 0.1) is 6.92 Å². The highest BCUT2D eigenvalue weighted by molar-refractivity contribution is 7.15. The van der Waals surface area contributed by atoms with E-state index in [1.807, 2.05) is 13.8 Å². The predicted octanol–water partition coefficient (Wildman–Crippen LogP) is 3.10. The maximum Gasteiger partial charge on any atom is 0.185 e. The van der Waals surface area contributed by atoms with Crippen molar-refractivity contribution in [2.45, 2.75) is 46.1 Å². The number of aryl methyl sites for hydroxylation is 1. The molecule has 0 aliphatic carbocycles. The SMILES string of the molecule is CCCCCN(C)c1nc(C)c(C(C)N)s1. The van der Waals surface area contributed by atoms with Crippen LogP contribution in [0.2, 0.25) is 0 Å². The van der Waals surface area contributed by atoms with Gasteiger partial charge in [-0.1, -0.05) is 19.8 Å². The molecule has 0 spiro atoms. The molecule has 1 heterocycles. The van der Waals surface area contributed by atoms with Crippen LogP contribution in [0.25, 0.3) is 0 Å². The summed E-state index contributed by atoms with van der Waals surface area (Å²) in [4.78, 5) is 8.02. The van der Waals surface area contributed by atoms with Gasteiger partial charge in [0.1, 0.15) is 0 Å². The zero-order chi connectivity index (χ0) is 12.1. The monoisotopic (exact) mass is 241 g/mol. The molecule has 1 unspecified atom stereocenters. The van der Waals surface area contributed by atoms with Crippen LogP contribution in [0.3, 0.4) is 0 Å². The Morgan fingerprint density at radius 1 is 1.44 bits per heavy atom. The van der Waals surface area contributed by atoms with Crippen LogP contribution >= 0.6 is 11.3 Å². The van der Waals surface area contributed by atoms with Crippen LogP contribution in [-0.2, 0) is 0 Å². The van der Waals surface area contributed by atoms with Crippen molar-refractivity contribution in [1.82, 2.24) is 4.98 Å². The van der Waals surface area contributed by atoms with Crippen molar-refractivity contribution < 1.29 is 0 Å². The number of anilines is 1. The van der Waals surface area contributed by atoms with Gasteiger partial charge in [0.25, 0.3) is 0 Å². The summed E-state index contributed by atoms with van der Waals surface area (Å²) in [6.45, 7) is 7.36. The molecule has 4 heteroatoms. The molecule has 16 heavy (non-hydrogen) atoms. The van der Waals surface area contributed by atoms with Crippen molar-refractivity contribution in [2.24, 2.45) is 5.73 Å². The third kappa shape index (κ3) is 3.46. The highest BCUT2D eigenvalue weighted by Crippen LogP contribution is 2.29. The van der Waals surface area contributed by atoms with E-state index in [-0.39, 0.29) is 6.04 Å². The number of unbranched alkanes of at least 4 members (excludes halogenated alkanes) is 2. The Morgan fingerprint density at radius 3 is 2.62 bits per heavy atom. The lowest BCUT2D eigenvalue weighted by atomic mass is 10.2. The zero-order valence-electron chi connectivity index (χ0n) is 10.8. The second kappa shape index (κ2) is 6.21. The molecule has 2 N–H and O–H groups in total. The first-order valence-electron chi connectivity index (χ1n) is 6.00. The van der Waals surface area contributed by atoms with Crippen molar-refractivity contribution in [3.63, 3.8) is 0 Å². The van der Waals surface area contributed by atoms with E-state index in [4.69, 9.17) is 5.73 Å². The molecule has 1 rings (SSSR count). The lowest BCUT2D eigenvalue weighted by Crippen LogP contribution is -2.18. The number of nitrogens with zero attached hydrogens (tertiary/aromatic N) is 2. The van der Waals surface area contributed by atoms with Gasteiger partial charge in [-0.3, -0.25) is 0 Å². The Bertz CT molecular complexity index is 320. The summed E-state index contributed by atoms with van der Waals surface area (Å²) in [5, 5.41) is 1.10. The first-order chi connectivity index (χ1) is 7.56. The minimum Gasteiger partial charge on any atom is -0.351 e. The van der Waals surface area contributed by atoms with E-state index < -0.39 is 0 Å². The van der Waals surface area contributed by atoms with Gasteiger partial charge in [-0.2, -0.15) is 0 Å². The average Bonchev–Trinajstić information content (AvgIpc) is 2.60. The van der Waals surface area contributed by atoms with Gasteiger partial charge in [0.15, 0.2) is 5.13 Å². The van der Waals surface area contributed by atoms with Crippen LogP contribution in [0.15, 0.2) is 0 Å². The van der Waals surface area contributed by atoms with Gasteiger partial charge < -0.3 is 10.6 Å². The van der Waals surface area contributed by atoms with E-state index in [0.717, 1.165) is 17.4 Å². The van der Waals surface area contributed by atoms with Crippen LogP contribution < -0.4 is 10.6 Å². The van der Waals surface area contributed by atoms with Crippen molar-refractivity contribution in [3.8, 4) is 0 Å². The van der Waals surface area contributed by atoms with E-state index in [1.165, 1.54) is 24.1 Å². The fourth-order valence-corrected chi connectivity index (χ4v) is 2.68. The highest BCUT2D eigenvalue weighted by Gasteiger charge is 2.13. The number of thiazole rings is 1. The first-order valence-corrected chi connectivity index (χ1v) is 6.82. The van der Waals surface area contributed by atoms with Gasteiger partial charge >= 0.3 is 0 Å². The fourth-order valence-electron chi connectivity index (χ4n) is 1.67. The molecule has 92 valence electrons. The van der Waals surface area contributed by atoms with Crippen molar-refractivity contribution in [2.75, 3.05) is 18.5 Å². The summed E-state index contributed by atoms with van der Waals surface area (Å²) in [6, 6.07) is 0.0929. The first kappa shape index (κ1) is 13.5.